The number of rotatable bonds is 4. The Kier molecular flexibility index (Phi) is 5.03. The van der Waals surface area contributed by atoms with Crippen LogP contribution in [0.2, 0.25) is 0 Å². The summed E-state index contributed by atoms with van der Waals surface area (Å²) in [5.41, 5.74) is 3.03. The summed E-state index contributed by atoms with van der Waals surface area (Å²) < 4.78 is 5.29. The molecule has 3 rings (SSSR count). The number of hydrogen-bond donors (Lipinski definition) is 2. The molecular weight excluding hydrogens is 298 g/mol. The molecule has 1 aliphatic heterocycles. The van der Waals surface area contributed by atoms with E-state index in [0.29, 0.717) is 6.54 Å². The second-order valence-electron chi connectivity index (χ2n) is 5.24. The van der Waals surface area contributed by atoms with E-state index in [9.17, 15) is 4.79 Å². The standard InChI is InChI=1S/C16H19N3O2S/c20-16(19-14-3-7-21-8-4-14)18-10-12-2-1-6-17-15(12)13-5-9-22-11-13/h1-2,5-6,9,11,14H,3-4,7-8,10H2,(H2,18,19,20). The van der Waals surface area contributed by atoms with Crippen LogP contribution in [0.5, 0.6) is 0 Å². The van der Waals surface area contributed by atoms with Crippen molar-refractivity contribution in [2.24, 2.45) is 0 Å². The number of pyridine rings is 1. The van der Waals surface area contributed by atoms with Crippen molar-refractivity contribution in [2.45, 2.75) is 25.4 Å². The third-order valence-electron chi connectivity index (χ3n) is 3.68. The molecule has 0 aliphatic carbocycles. The van der Waals surface area contributed by atoms with Crippen molar-refractivity contribution < 1.29 is 9.53 Å². The Bertz CT molecular complexity index is 610. The van der Waals surface area contributed by atoms with Crippen molar-refractivity contribution >= 4 is 17.4 Å². The molecule has 3 heterocycles. The number of urea groups is 1. The number of nitrogens with one attached hydrogen (secondary N) is 2. The number of hydrogen-bond acceptors (Lipinski definition) is 4. The van der Waals surface area contributed by atoms with Crippen molar-refractivity contribution in [2.75, 3.05) is 13.2 Å². The number of nitrogens with zero attached hydrogens (tertiary/aromatic N) is 1. The first kappa shape index (κ1) is 15.0. The highest BCUT2D eigenvalue weighted by atomic mass is 32.1. The van der Waals surface area contributed by atoms with E-state index in [0.717, 1.165) is 42.9 Å². The van der Waals surface area contributed by atoms with Gasteiger partial charge in [-0.15, -0.1) is 0 Å². The molecule has 0 spiro atoms. The van der Waals surface area contributed by atoms with Crippen molar-refractivity contribution in [3.63, 3.8) is 0 Å². The quantitative estimate of drug-likeness (QED) is 0.911. The Morgan fingerprint density at radius 3 is 3.00 bits per heavy atom. The van der Waals surface area contributed by atoms with Gasteiger partial charge in [0.15, 0.2) is 0 Å². The summed E-state index contributed by atoms with van der Waals surface area (Å²) in [5, 5.41) is 10.0. The van der Waals surface area contributed by atoms with Gasteiger partial charge in [-0.1, -0.05) is 6.07 Å². The van der Waals surface area contributed by atoms with Gasteiger partial charge in [0.1, 0.15) is 0 Å². The van der Waals surface area contributed by atoms with E-state index in [-0.39, 0.29) is 12.1 Å². The van der Waals surface area contributed by atoms with Gasteiger partial charge in [-0.3, -0.25) is 4.98 Å². The summed E-state index contributed by atoms with van der Waals surface area (Å²) in [6, 6.07) is 6.00. The molecule has 6 heteroatoms. The highest BCUT2D eigenvalue weighted by Gasteiger charge is 2.16. The van der Waals surface area contributed by atoms with Crippen LogP contribution in [0.25, 0.3) is 11.3 Å². The third kappa shape index (κ3) is 3.84. The Hall–Kier alpha value is -1.92. The largest absolute Gasteiger partial charge is 0.381 e. The van der Waals surface area contributed by atoms with E-state index >= 15 is 0 Å². The van der Waals surface area contributed by atoms with E-state index in [4.69, 9.17) is 4.74 Å². The highest BCUT2D eigenvalue weighted by molar-refractivity contribution is 7.08. The first-order chi connectivity index (χ1) is 10.8. The number of ether oxygens (including phenoxy) is 1. The predicted octanol–water partition coefficient (Wildman–Crippen LogP) is 2.79. The molecule has 22 heavy (non-hydrogen) atoms. The van der Waals surface area contributed by atoms with Gasteiger partial charge in [-0.05, 0) is 35.9 Å². The molecule has 0 bridgehead atoms. The van der Waals surface area contributed by atoms with E-state index in [1.165, 1.54) is 0 Å². The molecule has 2 amide bonds. The molecule has 0 saturated carbocycles. The second-order valence-corrected chi connectivity index (χ2v) is 6.02. The maximum Gasteiger partial charge on any atom is 0.315 e. The number of carbonyl (C=O) groups is 1. The summed E-state index contributed by atoms with van der Waals surface area (Å²) in [7, 11) is 0. The molecule has 5 nitrogen and oxygen atoms in total. The molecule has 0 atom stereocenters. The Morgan fingerprint density at radius 1 is 1.36 bits per heavy atom. The molecular formula is C16H19N3O2S. The summed E-state index contributed by atoms with van der Waals surface area (Å²) in [6.45, 7) is 1.90. The van der Waals surface area contributed by atoms with E-state index in [2.05, 4.69) is 21.0 Å². The molecule has 0 aromatic carbocycles. The van der Waals surface area contributed by atoms with Crippen LogP contribution in [0.1, 0.15) is 18.4 Å². The molecule has 2 aromatic heterocycles. The first-order valence-corrected chi connectivity index (χ1v) is 8.36. The second kappa shape index (κ2) is 7.38. The first-order valence-electron chi connectivity index (χ1n) is 7.41. The zero-order chi connectivity index (χ0) is 15.2. The van der Waals surface area contributed by atoms with Crippen LogP contribution in [-0.4, -0.2) is 30.3 Å². The minimum atomic E-state index is -0.132. The van der Waals surface area contributed by atoms with Gasteiger partial charge in [0.2, 0.25) is 0 Å². The molecule has 1 fully saturated rings. The van der Waals surface area contributed by atoms with Gasteiger partial charge in [0.25, 0.3) is 0 Å². The number of amides is 2. The average Bonchev–Trinajstić information content (AvgIpc) is 3.08. The van der Waals surface area contributed by atoms with E-state index in [1.807, 2.05) is 23.6 Å². The Labute approximate surface area is 133 Å². The SMILES string of the molecule is O=C(NCc1cccnc1-c1ccsc1)NC1CCOCC1. The predicted molar refractivity (Wildman–Crippen MR) is 86.8 cm³/mol. The fraction of sp³-hybridized carbons (Fsp3) is 0.375. The fourth-order valence-corrected chi connectivity index (χ4v) is 3.13. The van der Waals surface area contributed by atoms with Crippen molar-refractivity contribution in [1.82, 2.24) is 15.6 Å². The minimum absolute atomic E-state index is 0.132. The minimum Gasteiger partial charge on any atom is -0.381 e. The van der Waals surface area contributed by atoms with Gasteiger partial charge >= 0.3 is 6.03 Å². The maximum absolute atomic E-state index is 12.0. The lowest BCUT2D eigenvalue weighted by molar-refractivity contribution is 0.0801. The topological polar surface area (TPSA) is 63.2 Å². The van der Waals surface area contributed by atoms with Crippen molar-refractivity contribution in [3.8, 4) is 11.3 Å². The van der Waals surface area contributed by atoms with Crippen LogP contribution in [0.4, 0.5) is 4.79 Å². The highest BCUT2D eigenvalue weighted by Crippen LogP contribution is 2.23. The van der Waals surface area contributed by atoms with Gasteiger partial charge in [0, 0.05) is 42.9 Å². The molecule has 2 N–H and O–H groups in total. The van der Waals surface area contributed by atoms with Crippen LogP contribution in [0, 0.1) is 0 Å². The summed E-state index contributed by atoms with van der Waals surface area (Å²) in [6.07, 6.45) is 3.53. The lowest BCUT2D eigenvalue weighted by atomic mass is 10.1. The van der Waals surface area contributed by atoms with Crippen molar-refractivity contribution in [1.29, 1.82) is 0 Å². The number of aromatic nitrogens is 1. The van der Waals surface area contributed by atoms with Crippen LogP contribution in [0.15, 0.2) is 35.2 Å². The lowest BCUT2D eigenvalue weighted by Crippen LogP contribution is -2.44. The monoisotopic (exact) mass is 317 g/mol. The molecule has 0 unspecified atom stereocenters. The molecule has 0 radical (unpaired) electrons. The van der Waals surface area contributed by atoms with Gasteiger partial charge in [0.05, 0.1) is 5.69 Å². The molecule has 1 aliphatic rings. The molecule has 1 saturated heterocycles. The number of thiophene rings is 1. The van der Waals surface area contributed by atoms with Crippen LogP contribution < -0.4 is 10.6 Å². The maximum atomic E-state index is 12.0. The zero-order valence-corrected chi connectivity index (χ0v) is 13.1. The number of carbonyl (C=O) groups excluding carboxylic acids is 1. The van der Waals surface area contributed by atoms with Gasteiger partial charge < -0.3 is 15.4 Å². The summed E-state index contributed by atoms with van der Waals surface area (Å²) >= 11 is 1.64. The van der Waals surface area contributed by atoms with E-state index < -0.39 is 0 Å². The summed E-state index contributed by atoms with van der Waals surface area (Å²) in [5.74, 6) is 0. The van der Waals surface area contributed by atoms with Crippen LogP contribution in [0.3, 0.4) is 0 Å². The van der Waals surface area contributed by atoms with Gasteiger partial charge in [-0.2, -0.15) is 11.3 Å². The molecule has 2 aromatic rings. The van der Waals surface area contributed by atoms with E-state index in [1.54, 1.807) is 17.5 Å². The third-order valence-corrected chi connectivity index (χ3v) is 4.37. The average molecular weight is 317 g/mol. The Morgan fingerprint density at radius 2 is 2.23 bits per heavy atom. The van der Waals surface area contributed by atoms with Crippen LogP contribution in [-0.2, 0) is 11.3 Å². The normalized spacial score (nSPS) is 15.5. The summed E-state index contributed by atoms with van der Waals surface area (Å²) in [4.78, 5) is 16.4. The zero-order valence-electron chi connectivity index (χ0n) is 12.2. The lowest BCUT2D eigenvalue weighted by Gasteiger charge is -2.23. The fourth-order valence-electron chi connectivity index (χ4n) is 2.49. The smallest absolute Gasteiger partial charge is 0.315 e. The van der Waals surface area contributed by atoms with Crippen molar-refractivity contribution in [3.05, 3.63) is 40.7 Å². The van der Waals surface area contributed by atoms with Gasteiger partial charge in [-0.25, -0.2) is 4.79 Å². The Balaban J connectivity index is 1.58. The van der Waals surface area contributed by atoms with Crippen LogP contribution >= 0.6 is 11.3 Å². The molecule has 116 valence electrons.